The molecule has 1 N–H and O–H groups in total. The Labute approximate surface area is 112 Å². The quantitative estimate of drug-likeness (QED) is 0.644. The van der Waals surface area contributed by atoms with Crippen LogP contribution in [0.15, 0.2) is 0 Å². The van der Waals surface area contributed by atoms with E-state index in [1.807, 2.05) is 0 Å². The van der Waals surface area contributed by atoms with Gasteiger partial charge in [0.25, 0.3) is 0 Å². The average molecular weight is 258 g/mol. The molecule has 108 valence electrons. The van der Waals surface area contributed by atoms with E-state index in [2.05, 4.69) is 24.1 Å². The second-order valence-corrected chi connectivity index (χ2v) is 5.09. The maximum absolute atomic E-state index is 5.71. The molecule has 0 aromatic carbocycles. The first kappa shape index (κ1) is 15.9. The molecule has 1 saturated heterocycles. The van der Waals surface area contributed by atoms with Crippen LogP contribution in [0.1, 0.15) is 33.1 Å². The molecule has 1 heterocycles. The fourth-order valence-corrected chi connectivity index (χ4v) is 2.45. The van der Waals surface area contributed by atoms with Gasteiger partial charge < -0.3 is 14.8 Å². The number of ether oxygens (including phenoxy) is 2. The first-order valence-electron chi connectivity index (χ1n) is 7.36. The Kier molecular flexibility index (Phi) is 8.59. The van der Waals surface area contributed by atoms with E-state index in [1.54, 1.807) is 7.11 Å². The van der Waals surface area contributed by atoms with Crippen molar-refractivity contribution in [1.29, 1.82) is 0 Å². The molecule has 0 saturated carbocycles. The summed E-state index contributed by atoms with van der Waals surface area (Å²) in [5.74, 6) is 0. The molecular weight excluding hydrogens is 228 g/mol. The Hall–Kier alpha value is -0.160. The summed E-state index contributed by atoms with van der Waals surface area (Å²) in [5.41, 5.74) is 0. The van der Waals surface area contributed by atoms with Crippen LogP contribution in [0.3, 0.4) is 0 Å². The highest BCUT2D eigenvalue weighted by Gasteiger charge is 2.20. The molecule has 1 aliphatic heterocycles. The van der Waals surface area contributed by atoms with Crippen LogP contribution in [0.5, 0.6) is 0 Å². The van der Waals surface area contributed by atoms with E-state index >= 15 is 0 Å². The van der Waals surface area contributed by atoms with Gasteiger partial charge in [-0.05, 0) is 32.4 Å². The van der Waals surface area contributed by atoms with E-state index in [0.29, 0.717) is 12.1 Å². The summed E-state index contributed by atoms with van der Waals surface area (Å²) in [6.07, 6.45) is 4.04. The Morgan fingerprint density at radius 3 is 2.83 bits per heavy atom. The third-order valence-electron chi connectivity index (χ3n) is 3.46. The molecule has 1 fully saturated rings. The fraction of sp³-hybridized carbons (Fsp3) is 1.00. The Balaban J connectivity index is 2.31. The highest BCUT2D eigenvalue weighted by atomic mass is 16.5. The van der Waals surface area contributed by atoms with E-state index in [0.717, 1.165) is 45.8 Å². The summed E-state index contributed by atoms with van der Waals surface area (Å²) >= 11 is 0. The zero-order valence-corrected chi connectivity index (χ0v) is 12.3. The number of rotatable bonds is 10. The molecule has 4 heteroatoms. The zero-order chi connectivity index (χ0) is 13.2. The van der Waals surface area contributed by atoms with Gasteiger partial charge in [0.2, 0.25) is 0 Å². The lowest BCUT2D eigenvalue weighted by Crippen LogP contribution is -2.46. The largest absolute Gasteiger partial charge is 0.383 e. The second kappa shape index (κ2) is 9.73. The Morgan fingerprint density at radius 2 is 2.28 bits per heavy atom. The van der Waals surface area contributed by atoms with Crippen molar-refractivity contribution >= 4 is 0 Å². The lowest BCUT2D eigenvalue weighted by molar-refractivity contribution is 0.0649. The first-order chi connectivity index (χ1) is 8.80. The molecule has 2 atom stereocenters. The molecule has 1 rings (SSSR count). The van der Waals surface area contributed by atoms with Crippen molar-refractivity contribution in [2.45, 2.75) is 45.3 Å². The van der Waals surface area contributed by atoms with Crippen LogP contribution >= 0.6 is 0 Å². The number of likely N-dealkylation sites (N-methyl/N-ethyl adjacent to an activating group) is 1. The highest BCUT2D eigenvalue weighted by Crippen LogP contribution is 2.13. The van der Waals surface area contributed by atoms with Crippen LogP contribution in [-0.4, -0.2) is 63.5 Å². The van der Waals surface area contributed by atoms with E-state index < -0.39 is 0 Å². The molecule has 4 nitrogen and oxygen atoms in total. The summed E-state index contributed by atoms with van der Waals surface area (Å²) in [6, 6.07) is 0.427. The number of nitrogens with one attached hydrogen (secondary N) is 1. The molecule has 0 bridgehead atoms. The molecule has 0 aliphatic carbocycles. The Bertz CT molecular complexity index is 196. The predicted octanol–water partition coefficient (Wildman–Crippen LogP) is 1.50. The number of methoxy groups -OCH3 is 1. The molecule has 0 aromatic rings. The van der Waals surface area contributed by atoms with Crippen LogP contribution < -0.4 is 5.32 Å². The molecule has 0 spiro atoms. The summed E-state index contributed by atoms with van der Waals surface area (Å²) in [6.45, 7) is 10.4. The Morgan fingerprint density at radius 1 is 1.44 bits per heavy atom. The average Bonchev–Trinajstić information content (AvgIpc) is 2.88. The van der Waals surface area contributed by atoms with Gasteiger partial charge in [-0.3, -0.25) is 4.90 Å². The van der Waals surface area contributed by atoms with Crippen LogP contribution in [-0.2, 0) is 9.47 Å². The van der Waals surface area contributed by atoms with Crippen molar-refractivity contribution < 1.29 is 9.47 Å². The van der Waals surface area contributed by atoms with E-state index in [9.17, 15) is 0 Å². The number of nitrogens with zero attached hydrogens (tertiary/aromatic N) is 1. The standard InChI is InChI=1S/C14H30N2O2/c1-4-8-15-13(12-17-3)10-16(5-2)11-14-7-6-9-18-14/h13-15H,4-12H2,1-3H3. The number of hydrogen-bond acceptors (Lipinski definition) is 4. The van der Waals surface area contributed by atoms with Crippen molar-refractivity contribution in [3.63, 3.8) is 0 Å². The van der Waals surface area contributed by atoms with Crippen LogP contribution in [0.25, 0.3) is 0 Å². The van der Waals surface area contributed by atoms with Gasteiger partial charge in [-0.25, -0.2) is 0 Å². The first-order valence-corrected chi connectivity index (χ1v) is 7.36. The minimum Gasteiger partial charge on any atom is -0.383 e. The van der Waals surface area contributed by atoms with Gasteiger partial charge in [-0.15, -0.1) is 0 Å². The SMILES string of the molecule is CCCNC(COC)CN(CC)CC1CCCO1. The van der Waals surface area contributed by atoms with E-state index in [1.165, 1.54) is 12.8 Å². The van der Waals surface area contributed by atoms with Gasteiger partial charge in [0.05, 0.1) is 12.7 Å². The van der Waals surface area contributed by atoms with Gasteiger partial charge in [-0.2, -0.15) is 0 Å². The van der Waals surface area contributed by atoms with Crippen molar-refractivity contribution in [2.75, 3.05) is 46.5 Å². The van der Waals surface area contributed by atoms with Crippen molar-refractivity contribution in [2.24, 2.45) is 0 Å². The summed E-state index contributed by atoms with van der Waals surface area (Å²) in [5, 5.41) is 3.55. The van der Waals surface area contributed by atoms with Crippen LogP contribution in [0.4, 0.5) is 0 Å². The summed E-state index contributed by atoms with van der Waals surface area (Å²) < 4.78 is 11.0. The summed E-state index contributed by atoms with van der Waals surface area (Å²) in [7, 11) is 1.77. The summed E-state index contributed by atoms with van der Waals surface area (Å²) in [4.78, 5) is 2.47. The van der Waals surface area contributed by atoms with Crippen molar-refractivity contribution in [3.05, 3.63) is 0 Å². The lowest BCUT2D eigenvalue weighted by atomic mass is 10.2. The van der Waals surface area contributed by atoms with Gasteiger partial charge in [-0.1, -0.05) is 13.8 Å². The topological polar surface area (TPSA) is 33.7 Å². The lowest BCUT2D eigenvalue weighted by Gasteiger charge is -2.28. The molecular formula is C14H30N2O2. The maximum atomic E-state index is 5.71. The van der Waals surface area contributed by atoms with Gasteiger partial charge >= 0.3 is 0 Å². The molecule has 0 amide bonds. The zero-order valence-electron chi connectivity index (χ0n) is 12.3. The normalized spacial score (nSPS) is 21.7. The molecule has 1 aliphatic rings. The monoisotopic (exact) mass is 258 g/mol. The van der Waals surface area contributed by atoms with Gasteiger partial charge in [0.1, 0.15) is 0 Å². The molecule has 0 radical (unpaired) electrons. The minimum absolute atomic E-state index is 0.427. The maximum Gasteiger partial charge on any atom is 0.0702 e. The third-order valence-corrected chi connectivity index (χ3v) is 3.46. The van der Waals surface area contributed by atoms with Gasteiger partial charge in [0, 0.05) is 32.8 Å². The molecule has 2 unspecified atom stereocenters. The second-order valence-electron chi connectivity index (χ2n) is 5.09. The molecule has 0 aromatic heterocycles. The number of hydrogen-bond donors (Lipinski definition) is 1. The van der Waals surface area contributed by atoms with Gasteiger partial charge in [0.15, 0.2) is 0 Å². The van der Waals surface area contributed by atoms with Crippen molar-refractivity contribution in [3.8, 4) is 0 Å². The highest BCUT2D eigenvalue weighted by molar-refractivity contribution is 4.75. The van der Waals surface area contributed by atoms with Crippen LogP contribution in [0.2, 0.25) is 0 Å². The van der Waals surface area contributed by atoms with Crippen molar-refractivity contribution in [1.82, 2.24) is 10.2 Å². The molecule has 18 heavy (non-hydrogen) atoms. The smallest absolute Gasteiger partial charge is 0.0702 e. The third kappa shape index (κ3) is 6.14. The van der Waals surface area contributed by atoms with E-state index in [-0.39, 0.29) is 0 Å². The van der Waals surface area contributed by atoms with Crippen LogP contribution in [0, 0.1) is 0 Å². The van der Waals surface area contributed by atoms with E-state index in [4.69, 9.17) is 9.47 Å². The fourth-order valence-electron chi connectivity index (χ4n) is 2.45. The minimum atomic E-state index is 0.427. The predicted molar refractivity (Wildman–Crippen MR) is 75.0 cm³/mol.